The van der Waals surface area contributed by atoms with Crippen LogP contribution >= 0.6 is 7.60 Å². The lowest BCUT2D eigenvalue weighted by molar-refractivity contribution is -0.384. The van der Waals surface area contributed by atoms with Crippen molar-refractivity contribution in [2.45, 2.75) is 11.4 Å². The molecule has 0 aliphatic carbocycles. The number of non-ortho nitro benzene ring substituents is 1. The minimum absolute atomic E-state index is 0.126. The highest BCUT2D eigenvalue weighted by Gasteiger charge is 2.57. The molecule has 31 heavy (non-hydrogen) atoms. The molecule has 0 fully saturated rings. The second kappa shape index (κ2) is 9.41. The van der Waals surface area contributed by atoms with Gasteiger partial charge in [0.25, 0.3) is 5.69 Å². The van der Waals surface area contributed by atoms with Gasteiger partial charge < -0.3 is 19.5 Å². The van der Waals surface area contributed by atoms with Crippen molar-refractivity contribution in [2.24, 2.45) is 0 Å². The Morgan fingerprint density at radius 1 is 0.935 bits per heavy atom. The molecule has 0 spiro atoms. The first-order chi connectivity index (χ1) is 14.9. The van der Waals surface area contributed by atoms with Crippen molar-refractivity contribution in [1.29, 1.82) is 0 Å². The lowest BCUT2D eigenvalue weighted by Gasteiger charge is -2.43. The zero-order chi connectivity index (χ0) is 22.5. The smallest absolute Gasteiger partial charge is 0.362 e. The second-order valence-corrected chi connectivity index (χ2v) is 9.17. The first-order valence-electron chi connectivity index (χ1n) is 9.40. The maximum Gasteiger partial charge on any atom is 0.362 e. The lowest BCUT2D eigenvalue weighted by atomic mass is 9.94. The van der Waals surface area contributed by atoms with Crippen LogP contribution in [0.3, 0.4) is 0 Å². The summed E-state index contributed by atoms with van der Waals surface area (Å²) in [6.45, 7) is 0. The third kappa shape index (κ3) is 4.24. The summed E-state index contributed by atoms with van der Waals surface area (Å²) in [6, 6.07) is 23.0. The Morgan fingerprint density at radius 3 is 1.94 bits per heavy atom. The standard InChI is InChI=1S/C22H23N2O6P/c1-29-31(28,30-2)22(18-9-5-3-6-10-18,23-19-11-7-4-8-12-19)21(25)17-13-15-20(16-14-17)24(26)27/h3-16,21,23,25H,1-2H3/t21-,22+/m1/s1. The van der Waals surface area contributed by atoms with Crippen molar-refractivity contribution in [3.8, 4) is 0 Å². The molecule has 2 N–H and O–H groups in total. The molecule has 8 nitrogen and oxygen atoms in total. The normalized spacial score (nSPS) is 14.4. The Bertz CT molecular complexity index is 1050. The van der Waals surface area contributed by atoms with E-state index in [0.717, 1.165) is 0 Å². The number of hydrogen-bond acceptors (Lipinski definition) is 7. The fourth-order valence-corrected chi connectivity index (χ4v) is 5.40. The highest BCUT2D eigenvalue weighted by molar-refractivity contribution is 7.55. The number of benzene rings is 3. The highest BCUT2D eigenvalue weighted by atomic mass is 31.2. The molecule has 0 unspecified atom stereocenters. The van der Waals surface area contributed by atoms with Crippen molar-refractivity contribution in [3.63, 3.8) is 0 Å². The summed E-state index contributed by atoms with van der Waals surface area (Å²) in [6.07, 6.45) is -1.46. The van der Waals surface area contributed by atoms with Crippen molar-refractivity contribution < 1.29 is 23.6 Å². The van der Waals surface area contributed by atoms with E-state index in [4.69, 9.17) is 9.05 Å². The highest BCUT2D eigenvalue weighted by Crippen LogP contribution is 2.68. The number of nitro benzene ring substituents is 1. The Hall–Kier alpha value is -3.03. The third-order valence-corrected chi connectivity index (χ3v) is 7.49. The average molecular weight is 442 g/mol. The van der Waals surface area contributed by atoms with E-state index in [1.165, 1.54) is 38.5 Å². The van der Waals surface area contributed by atoms with Gasteiger partial charge in [0.05, 0.1) is 4.92 Å². The van der Waals surface area contributed by atoms with Crippen LogP contribution in [0.4, 0.5) is 11.4 Å². The number of para-hydroxylation sites is 1. The van der Waals surface area contributed by atoms with Crippen LogP contribution in [0.2, 0.25) is 0 Å². The lowest BCUT2D eigenvalue weighted by Crippen LogP contribution is -2.42. The third-order valence-electron chi connectivity index (χ3n) is 5.05. The summed E-state index contributed by atoms with van der Waals surface area (Å²) >= 11 is 0. The van der Waals surface area contributed by atoms with Crippen LogP contribution in [0, 0.1) is 10.1 Å². The number of nitrogens with one attached hydrogen (secondary N) is 1. The molecule has 2 atom stereocenters. The molecule has 0 saturated heterocycles. The first-order valence-corrected chi connectivity index (χ1v) is 10.9. The Balaban J connectivity index is 2.27. The molecule has 9 heteroatoms. The van der Waals surface area contributed by atoms with Gasteiger partial charge in [0.2, 0.25) is 0 Å². The zero-order valence-electron chi connectivity index (χ0n) is 17.0. The molecular formula is C22H23N2O6P. The summed E-state index contributed by atoms with van der Waals surface area (Å²) in [5, 5.41) is 24.1. The average Bonchev–Trinajstić information content (AvgIpc) is 2.82. The van der Waals surface area contributed by atoms with Crippen molar-refractivity contribution in [2.75, 3.05) is 19.5 Å². The molecule has 0 aromatic heterocycles. The summed E-state index contributed by atoms with van der Waals surface area (Å²) in [4.78, 5) is 10.5. The van der Waals surface area contributed by atoms with Gasteiger partial charge in [-0.1, -0.05) is 48.5 Å². The molecule has 0 aliphatic heterocycles. The molecule has 3 aromatic rings. The molecule has 162 valence electrons. The topological polar surface area (TPSA) is 111 Å². The van der Waals surface area contributed by atoms with Crippen LogP contribution in [-0.4, -0.2) is 24.2 Å². The molecule has 0 radical (unpaired) electrons. The van der Waals surface area contributed by atoms with Gasteiger partial charge in [0.1, 0.15) is 6.10 Å². The van der Waals surface area contributed by atoms with Crippen molar-refractivity contribution in [3.05, 3.63) is 106 Å². The maximum absolute atomic E-state index is 14.0. The fraction of sp³-hybridized carbons (Fsp3) is 0.182. The van der Waals surface area contributed by atoms with E-state index in [-0.39, 0.29) is 5.69 Å². The van der Waals surface area contributed by atoms with Gasteiger partial charge in [-0.25, -0.2) is 0 Å². The number of nitrogens with zero attached hydrogens (tertiary/aromatic N) is 1. The Morgan fingerprint density at radius 2 is 1.45 bits per heavy atom. The Kier molecular flexibility index (Phi) is 6.87. The van der Waals surface area contributed by atoms with E-state index >= 15 is 0 Å². The van der Waals surface area contributed by atoms with Crippen LogP contribution in [0.5, 0.6) is 0 Å². The monoisotopic (exact) mass is 442 g/mol. The maximum atomic E-state index is 14.0. The quantitative estimate of drug-likeness (QED) is 0.270. The van der Waals surface area contributed by atoms with Crippen LogP contribution in [0.15, 0.2) is 84.9 Å². The molecule has 0 amide bonds. The molecular weight excluding hydrogens is 419 g/mol. The molecule has 3 aromatic carbocycles. The van der Waals surface area contributed by atoms with E-state index < -0.39 is 23.9 Å². The van der Waals surface area contributed by atoms with E-state index in [1.54, 1.807) is 54.6 Å². The van der Waals surface area contributed by atoms with Crippen LogP contribution in [0.25, 0.3) is 0 Å². The molecule has 0 aliphatic rings. The molecule has 3 rings (SSSR count). The number of anilines is 1. The number of aliphatic hydroxyl groups is 1. The van der Waals surface area contributed by atoms with Crippen LogP contribution < -0.4 is 5.32 Å². The second-order valence-electron chi connectivity index (χ2n) is 6.74. The van der Waals surface area contributed by atoms with Gasteiger partial charge in [-0.05, 0) is 35.4 Å². The number of nitro groups is 1. The fourth-order valence-electron chi connectivity index (χ4n) is 3.49. The molecule has 0 heterocycles. The first kappa shape index (κ1) is 22.7. The van der Waals surface area contributed by atoms with E-state index in [0.29, 0.717) is 16.8 Å². The molecule has 0 bridgehead atoms. The SMILES string of the molecule is COP(=O)(OC)[C@@](Nc1ccccc1)(c1ccccc1)[C@H](O)c1ccc([N+](=O)[O-])cc1. The van der Waals surface area contributed by atoms with Gasteiger partial charge in [-0.15, -0.1) is 0 Å². The van der Waals surface area contributed by atoms with Crippen molar-refractivity contribution >= 4 is 19.0 Å². The molecule has 0 saturated carbocycles. The minimum atomic E-state index is -4.06. The van der Waals surface area contributed by atoms with E-state index in [1.807, 2.05) is 6.07 Å². The van der Waals surface area contributed by atoms with Crippen LogP contribution in [-0.2, 0) is 18.9 Å². The van der Waals surface area contributed by atoms with E-state index in [2.05, 4.69) is 5.32 Å². The summed E-state index contributed by atoms with van der Waals surface area (Å²) in [5.74, 6) is 0. The number of hydrogen-bond donors (Lipinski definition) is 2. The predicted octanol–water partition coefficient (Wildman–Crippen LogP) is 5.08. The van der Waals surface area contributed by atoms with Gasteiger partial charge >= 0.3 is 7.60 Å². The summed E-state index contributed by atoms with van der Waals surface area (Å²) < 4.78 is 24.8. The predicted molar refractivity (Wildman–Crippen MR) is 118 cm³/mol. The van der Waals surface area contributed by atoms with Crippen LogP contribution in [0.1, 0.15) is 17.2 Å². The zero-order valence-corrected chi connectivity index (χ0v) is 17.9. The number of rotatable bonds is 9. The largest absolute Gasteiger partial charge is 0.385 e. The summed E-state index contributed by atoms with van der Waals surface area (Å²) in [5.41, 5.74) is 1.20. The van der Waals surface area contributed by atoms with Gasteiger partial charge in [-0.2, -0.15) is 0 Å². The Labute approximate surface area is 180 Å². The summed E-state index contributed by atoms with van der Waals surface area (Å²) in [7, 11) is -1.56. The van der Waals surface area contributed by atoms with E-state index in [9.17, 15) is 19.8 Å². The van der Waals surface area contributed by atoms with Gasteiger partial charge in [0, 0.05) is 32.0 Å². The van der Waals surface area contributed by atoms with Gasteiger partial charge in [-0.3, -0.25) is 14.7 Å². The van der Waals surface area contributed by atoms with Crippen molar-refractivity contribution in [1.82, 2.24) is 0 Å². The number of aliphatic hydroxyl groups excluding tert-OH is 1. The minimum Gasteiger partial charge on any atom is -0.385 e. The van der Waals surface area contributed by atoms with Gasteiger partial charge in [0.15, 0.2) is 5.28 Å².